The highest BCUT2D eigenvalue weighted by Gasteiger charge is 2.66. The van der Waals surface area contributed by atoms with Gasteiger partial charge in [-0.15, -0.1) is 0 Å². The number of carbonyl (C=O) groups is 1. The van der Waals surface area contributed by atoms with Crippen molar-refractivity contribution >= 4 is 16.1 Å². The lowest BCUT2D eigenvalue weighted by Crippen LogP contribution is -3.14. The third-order valence-electron chi connectivity index (χ3n) is 5.63. The molecule has 22 heavy (non-hydrogen) atoms. The second-order valence-corrected chi connectivity index (χ2v) is 8.52. The molecule has 4 aliphatic rings. The number of ether oxygens (including phenoxy) is 2. The van der Waals surface area contributed by atoms with Gasteiger partial charge in [0.05, 0.1) is 25.2 Å². The molecule has 0 aromatic carbocycles. The van der Waals surface area contributed by atoms with Crippen molar-refractivity contribution in [1.82, 2.24) is 0 Å². The number of carbonyl (C=O) groups excluding carboxylic acids is 1. The highest BCUT2D eigenvalue weighted by Crippen LogP contribution is 2.57. The lowest BCUT2D eigenvalue weighted by molar-refractivity contribution is -0.908. The number of fused-ring (bicyclic) bond motifs is 1. The van der Waals surface area contributed by atoms with Gasteiger partial charge in [0.2, 0.25) is 0 Å². The second kappa shape index (κ2) is 5.43. The molecule has 5 unspecified atom stereocenters. The van der Waals surface area contributed by atoms with Crippen LogP contribution in [0.25, 0.3) is 0 Å². The standard InChI is InChI=1S/C14H21NO6S/c16-14(20-6-3-15-1-4-19-5-2-15)12-9-7-10-11(8-9)21-22(17,18)13(10)12/h9-13H,1-8H2/p+1. The zero-order chi connectivity index (χ0) is 15.3. The highest BCUT2D eigenvalue weighted by molar-refractivity contribution is 7.87. The van der Waals surface area contributed by atoms with Crippen molar-refractivity contribution in [3.8, 4) is 0 Å². The summed E-state index contributed by atoms with van der Waals surface area (Å²) in [5.74, 6) is -0.760. The number of hydrogen-bond acceptors (Lipinski definition) is 6. The fourth-order valence-electron chi connectivity index (χ4n) is 4.61. The number of hydrogen-bond donors (Lipinski definition) is 1. The van der Waals surface area contributed by atoms with Crippen LogP contribution in [-0.4, -0.2) is 65.2 Å². The molecule has 0 spiro atoms. The molecular weight excluding hydrogens is 310 g/mol. The van der Waals surface area contributed by atoms with Crippen molar-refractivity contribution in [2.45, 2.75) is 24.2 Å². The van der Waals surface area contributed by atoms with Crippen molar-refractivity contribution in [2.75, 3.05) is 39.5 Å². The van der Waals surface area contributed by atoms with E-state index in [4.69, 9.17) is 13.7 Å². The molecule has 7 nitrogen and oxygen atoms in total. The Kier molecular flexibility index (Phi) is 3.67. The number of morpholine rings is 1. The lowest BCUT2D eigenvalue weighted by atomic mass is 9.87. The van der Waals surface area contributed by atoms with Crippen LogP contribution in [0, 0.1) is 17.8 Å². The smallest absolute Gasteiger partial charge is 0.310 e. The summed E-state index contributed by atoms with van der Waals surface area (Å²) in [6.07, 6.45) is 1.26. The fourth-order valence-corrected chi connectivity index (χ4v) is 6.71. The van der Waals surface area contributed by atoms with Crippen LogP contribution in [0.5, 0.6) is 0 Å². The van der Waals surface area contributed by atoms with Crippen molar-refractivity contribution in [3.05, 3.63) is 0 Å². The van der Waals surface area contributed by atoms with Crippen LogP contribution in [0.3, 0.4) is 0 Å². The summed E-state index contributed by atoms with van der Waals surface area (Å²) in [6, 6.07) is 0. The summed E-state index contributed by atoms with van der Waals surface area (Å²) in [7, 11) is -3.59. The minimum atomic E-state index is -3.59. The van der Waals surface area contributed by atoms with E-state index in [1.165, 1.54) is 4.90 Å². The molecule has 1 N–H and O–H groups in total. The minimum Gasteiger partial charge on any atom is -0.459 e. The SMILES string of the molecule is O=C(OCC[NH+]1CCOCC1)C1C2CC3OS(=O)(=O)C1C3C2. The van der Waals surface area contributed by atoms with Crippen LogP contribution < -0.4 is 4.90 Å². The van der Waals surface area contributed by atoms with Crippen LogP contribution in [0.4, 0.5) is 0 Å². The summed E-state index contributed by atoms with van der Waals surface area (Å²) in [5, 5.41) is -0.667. The molecule has 0 aromatic rings. The van der Waals surface area contributed by atoms with Crippen LogP contribution in [-0.2, 0) is 28.6 Å². The maximum Gasteiger partial charge on any atom is 0.310 e. The van der Waals surface area contributed by atoms with Crippen LogP contribution in [0.1, 0.15) is 12.8 Å². The quantitative estimate of drug-likeness (QED) is 0.483. The van der Waals surface area contributed by atoms with Gasteiger partial charge in [0.1, 0.15) is 31.5 Å². The van der Waals surface area contributed by atoms with Crippen molar-refractivity contribution in [3.63, 3.8) is 0 Å². The number of nitrogens with one attached hydrogen (secondary N) is 1. The minimum absolute atomic E-state index is 0.00239. The van der Waals surface area contributed by atoms with E-state index in [9.17, 15) is 13.2 Å². The van der Waals surface area contributed by atoms with E-state index >= 15 is 0 Å². The molecule has 124 valence electrons. The molecule has 2 aliphatic carbocycles. The van der Waals surface area contributed by atoms with Gasteiger partial charge in [-0.3, -0.25) is 8.98 Å². The van der Waals surface area contributed by atoms with Crippen LogP contribution >= 0.6 is 0 Å². The zero-order valence-corrected chi connectivity index (χ0v) is 13.2. The van der Waals surface area contributed by atoms with E-state index in [-0.39, 0.29) is 23.9 Å². The Bertz CT molecular complexity index is 556. The Hall–Kier alpha value is -0.700. The summed E-state index contributed by atoms with van der Waals surface area (Å²) in [5.41, 5.74) is 0. The summed E-state index contributed by atoms with van der Waals surface area (Å²) < 4.78 is 40.0. The molecule has 2 heterocycles. The largest absolute Gasteiger partial charge is 0.459 e. The molecule has 2 bridgehead atoms. The average molecular weight is 332 g/mol. The fraction of sp³-hybridized carbons (Fsp3) is 0.929. The van der Waals surface area contributed by atoms with Gasteiger partial charge >= 0.3 is 5.97 Å². The zero-order valence-electron chi connectivity index (χ0n) is 12.4. The molecule has 0 aromatic heterocycles. The van der Waals surface area contributed by atoms with Gasteiger partial charge in [-0.05, 0) is 18.8 Å². The Morgan fingerprint density at radius 3 is 2.77 bits per heavy atom. The summed E-state index contributed by atoms with van der Waals surface area (Å²) in [6.45, 7) is 4.45. The lowest BCUT2D eigenvalue weighted by Gasteiger charge is -2.25. The molecule has 5 atom stereocenters. The first-order valence-electron chi connectivity index (χ1n) is 8.06. The Labute approximate surface area is 130 Å². The van der Waals surface area contributed by atoms with Gasteiger partial charge in [-0.25, -0.2) is 0 Å². The Balaban J connectivity index is 1.35. The van der Waals surface area contributed by atoms with E-state index in [0.717, 1.165) is 39.3 Å². The maximum absolute atomic E-state index is 12.4. The molecule has 4 rings (SSSR count). The molecule has 2 saturated carbocycles. The third kappa shape index (κ3) is 2.36. The highest BCUT2D eigenvalue weighted by atomic mass is 32.2. The Morgan fingerprint density at radius 2 is 2.00 bits per heavy atom. The van der Waals surface area contributed by atoms with E-state index in [2.05, 4.69) is 0 Å². The molecule has 2 aliphatic heterocycles. The second-order valence-electron chi connectivity index (χ2n) is 6.79. The molecular formula is C14H22NO6S+. The first kappa shape index (κ1) is 14.9. The third-order valence-corrected chi connectivity index (χ3v) is 7.46. The molecule has 0 radical (unpaired) electrons. The molecule has 4 fully saturated rings. The molecule has 2 saturated heterocycles. The van der Waals surface area contributed by atoms with Gasteiger partial charge in [-0.2, -0.15) is 8.42 Å². The number of rotatable bonds is 4. The monoisotopic (exact) mass is 332 g/mol. The van der Waals surface area contributed by atoms with Crippen LogP contribution in [0.15, 0.2) is 0 Å². The van der Waals surface area contributed by atoms with Gasteiger partial charge < -0.3 is 14.4 Å². The van der Waals surface area contributed by atoms with Crippen molar-refractivity contribution in [1.29, 1.82) is 0 Å². The number of quaternary nitrogens is 1. The topological polar surface area (TPSA) is 83.3 Å². The maximum atomic E-state index is 12.4. The first-order valence-corrected chi connectivity index (χ1v) is 9.53. The van der Waals surface area contributed by atoms with E-state index < -0.39 is 21.3 Å². The molecule has 0 amide bonds. The Morgan fingerprint density at radius 1 is 1.23 bits per heavy atom. The predicted molar refractivity (Wildman–Crippen MR) is 74.6 cm³/mol. The van der Waals surface area contributed by atoms with Crippen molar-refractivity contribution in [2.24, 2.45) is 17.8 Å². The summed E-state index contributed by atoms with van der Waals surface area (Å²) in [4.78, 5) is 13.7. The van der Waals surface area contributed by atoms with Gasteiger partial charge in [-0.1, -0.05) is 0 Å². The molecule has 8 heteroatoms. The summed E-state index contributed by atoms with van der Waals surface area (Å²) >= 11 is 0. The van der Waals surface area contributed by atoms with E-state index in [0.29, 0.717) is 13.0 Å². The van der Waals surface area contributed by atoms with E-state index in [1.54, 1.807) is 0 Å². The number of esters is 1. The van der Waals surface area contributed by atoms with E-state index in [1.807, 2.05) is 0 Å². The van der Waals surface area contributed by atoms with Gasteiger partial charge in [0, 0.05) is 5.92 Å². The predicted octanol–water partition coefficient (Wildman–Crippen LogP) is -1.80. The first-order chi connectivity index (χ1) is 10.6. The average Bonchev–Trinajstić information content (AvgIpc) is 3.08. The van der Waals surface area contributed by atoms with Crippen LogP contribution in [0.2, 0.25) is 0 Å². The van der Waals surface area contributed by atoms with Crippen molar-refractivity contribution < 1.29 is 31.8 Å². The van der Waals surface area contributed by atoms with Gasteiger partial charge in [0.15, 0.2) is 0 Å². The van der Waals surface area contributed by atoms with Gasteiger partial charge in [0.25, 0.3) is 10.1 Å². The normalized spacial score (nSPS) is 42.6.